The molecular formula is C19H14N4O4S. The number of anilines is 1. The Labute approximate surface area is 163 Å². The van der Waals surface area contributed by atoms with E-state index in [1.807, 2.05) is 17.5 Å². The highest BCUT2D eigenvalue weighted by Gasteiger charge is 2.12. The lowest BCUT2D eigenvalue weighted by Crippen LogP contribution is -2.17. The second-order valence-electron chi connectivity index (χ2n) is 5.55. The Hall–Kier alpha value is -3.85. The maximum Gasteiger partial charge on any atom is 0.271 e. The number of nitro benzene ring substituents is 1. The summed E-state index contributed by atoms with van der Waals surface area (Å²) in [6.07, 6.45) is 1.55. The number of nitro groups is 1. The van der Waals surface area contributed by atoms with E-state index in [0.29, 0.717) is 11.3 Å². The van der Waals surface area contributed by atoms with Crippen molar-refractivity contribution in [2.45, 2.75) is 0 Å². The largest absolute Gasteiger partial charge is 0.322 e. The summed E-state index contributed by atoms with van der Waals surface area (Å²) in [5, 5.41) is 19.2. The first-order valence-electron chi connectivity index (χ1n) is 8.06. The summed E-state index contributed by atoms with van der Waals surface area (Å²) in [7, 11) is 0. The smallest absolute Gasteiger partial charge is 0.271 e. The van der Waals surface area contributed by atoms with Crippen LogP contribution < -0.4 is 10.7 Å². The topological polar surface area (TPSA) is 114 Å². The highest BCUT2D eigenvalue weighted by Crippen LogP contribution is 2.16. The van der Waals surface area contributed by atoms with Gasteiger partial charge in [0.2, 0.25) is 0 Å². The molecule has 0 aliphatic carbocycles. The van der Waals surface area contributed by atoms with Crippen LogP contribution in [0.2, 0.25) is 0 Å². The van der Waals surface area contributed by atoms with Crippen molar-refractivity contribution < 1.29 is 14.5 Å². The molecule has 2 aromatic carbocycles. The van der Waals surface area contributed by atoms with Gasteiger partial charge in [-0.25, -0.2) is 5.43 Å². The molecule has 2 amide bonds. The fourth-order valence-electron chi connectivity index (χ4n) is 2.25. The molecule has 1 aromatic heterocycles. The Balaban J connectivity index is 1.60. The zero-order chi connectivity index (χ0) is 19.9. The number of carbonyl (C=O) groups excluding carboxylic acids is 2. The van der Waals surface area contributed by atoms with Gasteiger partial charge in [-0.2, -0.15) is 5.10 Å². The van der Waals surface area contributed by atoms with E-state index in [0.717, 1.165) is 4.88 Å². The van der Waals surface area contributed by atoms with Crippen LogP contribution in [-0.2, 0) is 0 Å². The fraction of sp³-hybridized carbons (Fsp3) is 0. The quantitative estimate of drug-likeness (QED) is 0.377. The molecule has 0 spiro atoms. The van der Waals surface area contributed by atoms with E-state index in [-0.39, 0.29) is 17.2 Å². The first kappa shape index (κ1) is 18.9. The zero-order valence-corrected chi connectivity index (χ0v) is 15.2. The van der Waals surface area contributed by atoms with Crippen molar-refractivity contribution in [2.75, 3.05) is 5.32 Å². The van der Waals surface area contributed by atoms with E-state index < -0.39 is 10.8 Å². The number of nitrogens with zero attached hydrogens (tertiary/aromatic N) is 2. The molecule has 28 heavy (non-hydrogen) atoms. The Bertz CT molecular complexity index is 1030. The average Bonchev–Trinajstić information content (AvgIpc) is 3.22. The lowest BCUT2D eigenvalue weighted by Gasteiger charge is -2.06. The van der Waals surface area contributed by atoms with Crippen LogP contribution in [0.25, 0.3) is 0 Å². The second-order valence-corrected chi connectivity index (χ2v) is 6.53. The fourth-order valence-corrected chi connectivity index (χ4v) is 2.84. The van der Waals surface area contributed by atoms with Gasteiger partial charge in [-0.1, -0.05) is 12.1 Å². The Morgan fingerprint density at radius 2 is 1.79 bits per heavy atom. The maximum absolute atomic E-state index is 12.2. The van der Waals surface area contributed by atoms with E-state index in [1.54, 1.807) is 30.5 Å². The number of benzene rings is 2. The van der Waals surface area contributed by atoms with Crippen molar-refractivity contribution in [1.29, 1.82) is 0 Å². The number of non-ortho nitro benzene ring substituents is 1. The van der Waals surface area contributed by atoms with E-state index in [1.165, 1.54) is 35.6 Å². The minimum atomic E-state index is -0.564. The Morgan fingerprint density at radius 3 is 2.46 bits per heavy atom. The summed E-state index contributed by atoms with van der Waals surface area (Å²) >= 11 is 1.50. The van der Waals surface area contributed by atoms with Crippen molar-refractivity contribution >= 4 is 40.7 Å². The van der Waals surface area contributed by atoms with Gasteiger partial charge in [-0.3, -0.25) is 19.7 Å². The molecule has 0 fully saturated rings. The van der Waals surface area contributed by atoms with Gasteiger partial charge >= 0.3 is 0 Å². The van der Waals surface area contributed by atoms with Crippen LogP contribution >= 0.6 is 11.3 Å². The minimum absolute atomic E-state index is 0.164. The van der Waals surface area contributed by atoms with Crippen molar-refractivity contribution in [3.63, 3.8) is 0 Å². The molecule has 140 valence electrons. The Kier molecular flexibility index (Phi) is 5.87. The third kappa shape index (κ3) is 4.86. The molecule has 3 aromatic rings. The zero-order valence-electron chi connectivity index (χ0n) is 14.4. The van der Waals surface area contributed by atoms with E-state index in [2.05, 4.69) is 15.8 Å². The molecule has 0 radical (unpaired) electrons. The summed E-state index contributed by atoms with van der Waals surface area (Å²) in [4.78, 5) is 35.4. The highest BCUT2D eigenvalue weighted by atomic mass is 32.1. The van der Waals surface area contributed by atoms with Gasteiger partial charge in [-0.15, -0.1) is 11.3 Å². The lowest BCUT2D eigenvalue weighted by atomic mass is 10.1. The van der Waals surface area contributed by atoms with Crippen LogP contribution in [-0.4, -0.2) is 23.0 Å². The molecule has 0 atom stereocenters. The van der Waals surface area contributed by atoms with E-state index >= 15 is 0 Å². The van der Waals surface area contributed by atoms with E-state index in [4.69, 9.17) is 0 Å². The molecule has 0 bridgehead atoms. The number of hydrogen-bond donors (Lipinski definition) is 2. The van der Waals surface area contributed by atoms with Crippen molar-refractivity contribution in [3.8, 4) is 0 Å². The number of thiophene rings is 1. The average molecular weight is 394 g/mol. The van der Waals surface area contributed by atoms with Gasteiger partial charge in [-0.05, 0) is 41.8 Å². The minimum Gasteiger partial charge on any atom is -0.322 e. The summed E-state index contributed by atoms with van der Waals surface area (Å²) in [6, 6.07) is 15.4. The number of amides is 2. The van der Waals surface area contributed by atoms with Gasteiger partial charge in [0.1, 0.15) is 0 Å². The van der Waals surface area contributed by atoms with Crippen LogP contribution in [0, 0.1) is 10.1 Å². The normalized spacial score (nSPS) is 10.6. The number of nitrogens with one attached hydrogen (secondary N) is 2. The predicted molar refractivity (Wildman–Crippen MR) is 107 cm³/mol. The highest BCUT2D eigenvalue weighted by molar-refractivity contribution is 7.11. The SMILES string of the molecule is O=C(NN=Cc1cccs1)c1ccc(NC(=O)c2cccc([N+](=O)[O-])c2)cc1. The molecule has 0 aliphatic rings. The molecule has 3 rings (SSSR count). The molecule has 0 saturated heterocycles. The first-order chi connectivity index (χ1) is 13.5. The third-order valence-corrected chi connectivity index (χ3v) is 4.43. The molecule has 0 unspecified atom stereocenters. The van der Waals surface area contributed by atoms with Crippen LogP contribution in [0.15, 0.2) is 71.1 Å². The standard InChI is InChI=1S/C19H14N4O4S/c24-18(14-3-1-4-16(11-14)23(26)27)21-15-8-6-13(7-9-15)19(25)22-20-12-17-5-2-10-28-17/h1-12H,(H,21,24)(H,22,25). The summed E-state index contributed by atoms with van der Waals surface area (Å²) in [6.45, 7) is 0. The van der Waals surface area contributed by atoms with E-state index in [9.17, 15) is 19.7 Å². The number of hydrogen-bond acceptors (Lipinski definition) is 6. The maximum atomic E-state index is 12.2. The molecule has 8 nitrogen and oxygen atoms in total. The molecular weight excluding hydrogens is 380 g/mol. The van der Waals surface area contributed by atoms with Crippen molar-refractivity contribution in [1.82, 2.24) is 5.43 Å². The summed E-state index contributed by atoms with van der Waals surface area (Å²) in [5.74, 6) is -0.870. The van der Waals surface area contributed by atoms with Gasteiger partial charge in [0.25, 0.3) is 17.5 Å². The van der Waals surface area contributed by atoms with Crippen LogP contribution in [0.5, 0.6) is 0 Å². The third-order valence-electron chi connectivity index (χ3n) is 3.63. The van der Waals surface area contributed by atoms with Crippen LogP contribution in [0.3, 0.4) is 0 Å². The van der Waals surface area contributed by atoms with Gasteiger partial charge in [0.15, 0.2) is 0 Å². The van der Waals surface area contributed by atoms with Gasteiger partial charge < -0.3 is 5.32 Å². The van der Waals surface area contributed by atoms with Gasteiger partial charge in [0, 0.05) is 33.8 Å². The summed E-state index contributed by atoms with van der Waals surface area (Å²) in [5.41, 5.74) is 3.25. The first-order valence-corrected chi connectivity index (χ1v) is 8.94. The molecule has 2 N–H and O–H groups in total. The van der Waals surface area contributed by atoms with Gasteiger partial charge in [0.05, 0.1) is 11.1 Å². The molecule has 0 aliphatic heterocycles. The Morgan fingerprint density at radius 1 is 1.00 bits per heavy atom. The van der Waals surface area contributed by atoms with Crippen LogP contribution in [0.1, 0.15) is 25.6 Å². The predicted octanol–water partition coefficient (Wildman–Crippen LogP) is 3.67. The number of carbonyl (C=O) groups is 2. The van der Waals surface area contributed by atoms with Crippen LogP contribution in [0.4, 0.5) is 11.4 Å². The molecule has 9 heteroatoms. The lowest BCUT2D eigenvalue weighted by molar-refractivity contribution is -0.384. The number of hydrazone groups is 1. The number of rotatable bonds is 6. The van der Waals surface area contributed by atoms with Crippen molar-refractivity contribution in [2.24, 2.45) is 5.10 Å². The monoisotopic (exact) mass is 394 g/mol. The second kappa shape index (κ2) is 8.69. The molecule has 1 heterocycles. The summed E-state index contributed by atoms with van der Waals surface area (Å²) < 4.78 is 0. The molecule has 0 saturated carbocycles. The van der Waals surface area contributed by atoms with Crippen molar-refractivity contribution in [3.05, 3.63) is 92.2 Å².